The van der Waals surface area contributed by atoms with Crippen molar-refractivity contribution in [2.75, 3.05) is 10.7 Å². The fourth-order valence-electron chi connectivity index (χ4n) is 2.25. The van der Waals surface area contributed by atoms with Crippen molar-refractivity contribution in [1.29, 1.82) is 0 Å². The summed E-state index contributed by atoms with van der Waals surface area (Å²) in [4.78, 5) is 30.5. The van der Waals surface area contributed by atoms with Gasteiger partial charge in [-0.05, 0) is 24.3 Å². The molecule has 0 aliphatic heterocycles. The van der Waals surface area contributed by atoms with Crippen LogP contribution in [0.25, 0.3) is 0 Å². The highest BCUT2D eigenvalue weighted by molar-refractivity contribution is 6.33. The maximum Gasteiger partial charge on any atom is 0.355 e. The van der Waals surface area contributed by atoms with Gasteiger partial charge >= 0.3 is 5.69 Å². The minimum Gasteiger partial charge on any atom is -0.333 e. The van der Waals surface area contributed by atoms with E-state index in [4.69, 9.17) is 11.6 Å². The normalized spacial score (nSPS) is 10.2. The second-order valence-electron chi connectivity index (χ2n) is 5.34. The molecular formula is C17H12ClFN6O3. The monoisotopic (exact) mass is 402 g/mol. The predicted octanol–water partition coefficient (Wildman–Crippen LogP) is 3.68. The van der Waals surface area contributed by atoms with Crippen molar-refractivity contribution < 1.29 is 14.1 Å². The number of benzene rings is 2. The van der Waals surface area contributed by atoms with E-state index < -0.39 is 22.3 Å². The number of para-hydroxylation sites is 1. The van der Waals surface area contributed by atoms with Crippen LogP contribution in [0.5, 0.6) is 0 Å². The Morgan fingerprint density at radius 1 is 1.07 bits per heavy atom. The molecule has 142 valence electrons. The number of rotatable bonds is 6. The molecule has 0 atom stereocenters. The van der Waals surface area contributed by atoms with Gasteiger partial charge in [-0.1, -0.05) is 35.9 Å². The molecule has 0 saturated carbocycles. The van der Waals surface area contributed by atoms with Crippen LogP contribution in [0.1, 0.15) is 10.4 Å². The molecule has 0 unspecified atom stereocenters. The van der Waals surface area contributed by atoms with E-state index >= 15 is 0 Å². The van der Waals surface area contributed by atoms with Crippen molar-refractivity contribution in [3.05, 3.63) is 81.4 Å². The van der Waals surface area contributed by atoms with E-state index in [2.05, 4.69) is 26.1 Å². The van der Waals surface area contributed by atoms with E-state index in [1.165, 1.54) is 18.2 Å². The standard InChI is InChI=1S/C17H12ClFN6O3/c18-11-6-2-4-8-13(11)22-15-14(25(27)28)16(21-9-20-15)23-24-17(26)10-5-1-3-7-12(10)19/h1-9H,(H,24,26)(H2,20,21,22,23). The molecule has 0 aliphatic carbocycles. The molecule has 1 amide bonds. The molecule has 0 radical (unpaired) electrons. The highest BCUT2D eigenvalue weighted by Crippen LogP contribution is 2.32. The van der Waals surface area contributed by atoms with Gasteiger partial charge in [0.1, 0.15) is 12.1 Å². The Morgan fingerprint density at radius 2 is 1.75 bits per heavy atom. The number of hydrazine groups is 1. The van der Waals surface area contributed by atoms with Gasteiger partial charge < -0.3 is 5.32 Å². The van der Waals surface area contributed by atoms with E-state index in [0.717, 1.165) is 12.4 Å². The Bertz CT molecular complexity index is 1050. The number of nitro groups is 1. The average molecular weight is 403 g/mol. The molecule has 0 spiro atoms. The Labute approximate surface area is 162 Å². The number of nitrogens with zero attached hydrogens (tertiary/aromatic N) is 3. The maximum absolute atomic E-state index is 13.7. The first-order valence-corrected chi connectivity index (χ1v) is 8.17. The summed E-state index contributed by atoms with van der Waals surface area (Å²) >= 11 is 6.05. The lowest BCUT2D eigenvalue weighted by molar-refractivity contribution is -0.383. The van der Waals surface area contributed by atoms with Gasteiger partial charge in [-0.2, -0.15) is 0 Å². The molecule has 0 bridgehead atoms. The summed E-state index contributed by atoms with van der Waals surface area (Å²) in [7, 11) is 0. The fraction of sp³-hybridized carbons (Fsp3) is 0. The van der Waals surface area contributed by atoms with Gasteiger partial charge in [-0.3, -0.25) is 25.8 Å². The zero-order chi connectivity index (χ0) is 20.1. The largest absolute Gasteiger partial charge is 0.355 e. The van der Waals surface area contributed by atoms with Crippen LogP contribution in [0.3, 0.4) is 0 Å². The number of halogens is 2. The van der Waals surface area contributed by atoms with Crippen LogP contribution in [0, 0.1) is 15.9 Å². The molecular weight excluding hydrogens is 391 g/mol. The highest BCUT2D eigenvalue weighted by Gasteiger charge is 2.24. The number of carbonyl (C=O) groups excluding carboxylic acids is 1. The van der Waals surface area contributed by atoms with Gasteiger partial charge in [-0.25, -0.2) is 14.4 Å². The Kier molecular flexibility index (Phi) is 5.61. The molecule has 0 aliphatic rings. The zero-order valence-corrected chi connectivity index (χ0v) is 14.8. The lowest BCUT2D eigenvalue weighted by atomic mass is 10.2. The summed E-state index contributed by atoms with van der Waals surface area (Å²) in [5, 5.41) is 14.6. The van der Waals surface area contributed by atoms with Crippen molar-refractivity contribution in [1.82, 2.24) is 15.4 Å². The summed E-state index contributed by atoms with van der Waals surface area (Å²) in [6.45, 7) is 0. The molecule has 1 aromatic heterocycles. The third-order valence-electron chi connectivity index (χ3n) is 3.54. The topological polar surface area (TPSA) is 122 Å². The summed E-state index contributed by atoms with van der Waals surface area (Å²) in [6.07, 6.45) is 1.06. The van der Waals surface area contributed by atoms with Gasteiger partial charge in [0.15, 0.2) is 0 Å². The van der Waals surface area contributed by atoms with E-state index in [-0.39, 0.29) is 17.2 Å². The Hall–Kier alpha value is -3.79. The van der Waals surface area contributed by atoms with Crippen molar-refractivity contribution in [2.24, 2.45) is 0 Å². The van der Waals surface area contributed by atoms with Crippen LogP contribution in [0.4, 0.5) is 27.4 Å². The van der Waals surface area contributed by atoms with Crippen molar-refractivity contribution in [3.63, 3.8) is 0 Å². The van der Waals surface area contributed by atoms with Crippen LogP contribution in [0.2, 0.25) is 5.02 Å². The predicted molar refractivity (Wildman–Crippen MR) is 101 cm³/mol. The Morgan fingerprint density at radius 3 is 2.46 bits per heavy atom. The van der Waals surface area contributed by atoms with E-state index in [1.54, 1.807) is 24.3 Å². The van der Waals surface area contributed by atoms with Crippen LogP contribution in [0.15, 0.2) is 54.9 Å². The highest BCUT2D eigenvalue weighted by atomic mass is 35.5. The number of aromatic nitrogens is 2. The number of hydrogen-bond acceptors (Lipinski definition) is 7. The first-order chi connectivity index (χ1) is 13.5. The van der Waals surface area contributed by atoms with Gasteiger partial charge in [0, 0.05) is 0 Å². The van der Waals surface area contributed by atoms with Gasteiger partial charge in [0.05, 0.1) is 21.2 Å². The molecule has 9 nitrogen and oxygen atoms in total. The van der Waals surface area contributed by atoms with Crippen molar-refractivity contribution in [2.45, 2.75) is 0 Å². The molecule has 3 rings (SSSR count). The number of carbonyl (C=O) groups is 1. The Balaban J connectivity index is 1.85. The number of hydrogen-bond donors (Lipinski definition) is 3. The molecule has 2 aromatic carbocycles. The van der Waals surface area contributed by atoms with Crippen molar-refractivity contribution in [3.8, 4) is 0 Å². The summed E-state index contributed by atoms with van der Waals surface area (Å²) in [5.41, 5.74) is 4.13. The first-order valence-electron chi connectivity index (χ1n) is 7.79. The second kappa shape index (κ2) is 8.27. The molecule has 0 saturated heterocycles. The quantitative estimate of drug-likeness (QED) is 0.424. The first kappa shape index (κ1) is 19.0. The smallest absolute Gasteiger partial charge is 0.333 e. The molecule has 3 aromatic rings. The van der Waals surface area contributed by atoms with E-state index in [0.29, 0.717) is 10.7 Å². The summed E-state index contributed by atoms with van der Waals surface area (Å²) in [5.74, 6) is -2.00. The summed E-state index contributed by atoms with van der Waals surface area (Å²) < 4.78 is 13.7. The number of anilines is 3. The van der Waals surface area contributed by atoms with Crippen LogP contribution < -0.4 is 16.2 Å². The summed E-state index contributed by atoms with van der Waals surface area (Å²) in [6, 6.07) is 11.9. The van der Waals surface area contributed by atoms with Crippen LogP contribution >= 0.6 is 11.6 Å². The van der Waals surface area contributed by atoms with Crippen LogP contribution in [-0.4, -0.2) is 20.8 Å². The molecule has 11 heteroatoms. The fourth-order valence-corrected chi connectivity index (χ4v) is 2.44. The SMILES string of the molecule is O=C(NNc1ncnc(Nc2ccccc2Cl)c1[N+](=O)[O-])c1ccccc1F. The maximum atomic E-state index is 13.7. The second-order valence-corrected chi connectivity index (χ2v) is 5.75. The lowest BCUT2D eigenvalue weighted by Gasteiger charge is -2.11. The van der Waals surface area contributed by atoms with Gasteiger partial charge in [0.2, 0.25) is 11.6 Å². The van der Waals surface area contributed by atoms with E-state index in [9.17, 15) is 19.3 Å². The molecule has 3 N–H and O–H groups in total. The van der Waals surface area contributed by atoms with Gasteiger partial charge in [0.25, 0.3) is 5.91 Å². The minimum atomic E-state index is -0.827. The van der Waals surface area contributed by atoms with Gasteiger partial charge in [-0.15, -0.1) is 0 Å². The minimum absolute atomic E-state index is 0.143. The number of nitrogens with one attached hydrogen (secondary N) is 3. The lowest BCUT2D eigenvalue weighted by Crippen LogP contribution is -2.31. The molecule has 0 fully saturated rings. The third kappa shape index (κ3) is 4.13. The molecule has 28 heavy (non-hydrogen) atoms. The molecule has 1 heterocycles. The number of amides is 1. The van der Waals surface area contributed by atoms with Crippen molar-refractivity contribution >= 4 is 40.5 Å². The average Bonchev–Trinajstić information content (AvgIpc) is 2.68. The third-order valence-corrected chi connectivity index (χ3v) is 3.87. The zero-order valence-electron chi connectivity index (χ0n) is 14.0. The van der Waals surface area contributed by atoms with Crippen LogP contribution in [-0.2, 0) is 0 Å². The van der Waals surface area contributed by atoms with E-state index in [1.807, 2.05) is 0 Å².